The van der Waals surface area contributed by atoms with Crippen LogP contribution in [0.2, 0.25) is 0 Å². The molecule has 2 nitrogen and oxygen atoms in total. The van der Waals surface area contributed by atoms with E-state index in [9.17, 15) is 13.6 Å². The van der Waals surface area contributed by atoms with Crippen molar-refractivity contribution in [3.05, 3.63) is 0 Å². The first kappa shape index (κ1) is 7.17. The van der Waals surface area contributed by atoms with Crippen molar-refractivity contribution in [2.45, 2.75) is 5.92 Å². The highest BCUT2D eigenvalue weighted by atomic mass is 127. The van der Waals surface area contributed by atoms with Crippen LogP contribution >= 0.6 is 22.6 Å². The van der Waals surface area contributed by atoms with E-state index in [0.717, 1.165) is 4.90 Å². The van der Waals surface area contributed by atoms with Crippen LogP contribution in [0.15, 0.2) is 0 Å². The summed E-state index contributed by atoms with van der Waals surface area (Å²) in [4.78, 5) is 11.4. The van der Waals surface area contributed by atoms with Crippen LogP contribution in [0.5, 0.6) is 0 Å². The smallest absolute Gasteiger partial charge is 0.283 e. The lowest BCUT2D eigenvalue weighted by Gasteiger charge is -2.37. The van der Waals surface area contributed by atoms with Crippen molar-refractivity contribution in [3.8, 4) is 0 Å². The zero-order valence-electron chi connectivity index (χ0n) is 4.40. The topological polar surface area (TPSA) is 20.3 Å². The summed E-state index contributed by atoms with van der Waals surface area (Å²) >= 11 is 1.49. The summed E-state index contributed by atoms with van der Waals surface area (Å²) in [6.45, 7) is -0.816. The maximum atomic E-state index is 12.0. The van der Waals surface area contributed by atoms with Gasteiger partial charge >= 0.3 is 0 Å². The number of likely N-dealkylation sites (tertiary alicyclic amines) is 1. The molecule has 0 bridgehead atoms. The molecule has 0 saturated carbocycles. The lowest BCUT2D eigenvalue weighted by Crippen LogP contribution is -2.56. The van der Waals surface area contributed by atoms with Crippen LogP contribution in [0.4, 0.5) is 13.6 Å². The predicted octanol–water partition coefficient (Wildman–Crippen LogP) is 1.49. The van der Waals surface area contributed by atoms with Gasteiger partial charge in [0.2, 0.25) is 0 Å². The molecule has 1 rings (SSSR count). The number of halogens is 3. The average molecular weight is 247 g/mol. The van der Waals surface area contributed by atoms with Crippen LogP contribution < -0.4 is 0 Å². The first-order chi connectivity index (χ1) is 4.01. The summed E-state index contributed by atoms with van der Waals surface area (Å²) in [7, 11) is 0. The van der Waals surface area contributed by atoms with E-state index in [0.29, 0.717) is 0 Å². The monoisotopic (exact) mass is 247 g/mol. The quantitative estimate of drug-likeness (QED) is 0.361. The molecule has 0 aromatic heterocycles. The number of rotatable bonds is 0. The lowest BCUT2D eigenvalue weighted by atomic mass is 10.2. The number of hydrogen-bond donors (Lipinski definition) is 0. The van der Waals surface area contributed by atoms with Gasteiger partial charge in [-0.15, -0.1) is 0 Å². The van der Waals surface area contributed by atoms with Crippen molar-refractivity contribution in [1.29, 1.82) is 0 Å². The fourth-order valence-corrected chi connectivity index (χ4v) is 0.978. The highest BCUT2D eigenvalue weighted by molar-refractivity contribution is 14.1. The van der Waals surface area contributed by atoms with Gasteiger partial charge in [-0.2, -0.15) is 0 Å². The molecule has 1 amide bonds. The molecule has 1 heterocycles. The molecule has 1 saturated heterocycles. The Balaban J connectivity index is 2.35. The molecule has 0 atom stereocenters. The van der Waals surface area contributed by atoms with Crippen LogP contribution in [-0.2, 0) is 0 Å². The number of carbonyl (C=O) groups is 1. The zero-order valence-corrected chi connectivity index (χ0v) is 6.56. The fraction of sp³-hybridized carbons (Fsp3) is 0.750. The van der Waals surface area contributed by atoms with E-state index in [1.807, 2.05) is 0 Å². The summed E-state index contributed by atoms with van der Waals surface area (Å²) < 4.78 is 23.6. The van der Waals surface area contributed by atoms with Crippen molar-refractivity contribution >= 4 is 26.5 Å². The maximum absolute atomic E-state index is 12.0. The SMILES string of the molecule is O=C(I)N1CC(F)(F)C1. The van der Waals surface area contributed by atoms with Crippen molar-refractivity contribution < 1.29 is 13.6 Å². The van der Waals surface area contributed by atoms with Crippen LogP contribution in [0, 0.1) is 0 Å². The van der Waals surface area contributed by atoms with Gasteiger partial charge < -0.3 is 4.90 Å². The first-order valence-corrected chi connectivity index (χ1v) is 3.41. The molecule has 0 radical (unpaired) electrons. The standard InChI is InChI=1S/C4H4F2INO/c5-4(6)1-8(2-4)3(7)9/h1-2H2. The van der Waals surface area contributed by atoms with E-state index in [-0.39, 0.29) is 3.91 Å². The van der Waals surface area contributed by atoms with Crippen molar-refractivity contribution in [2.75, 3.05) is 13.1 Å². The number of carbonyl (C=O) groups excluding carboxylic acids is 1. The average Bonchev–Trinajstić information content (AvgIpc) is 1.59. The Bertz CT molecular complexity index is 142. The van der Waals surface area contributed by atoms with Crippen LogP contribution in [0.3, 0.4) is 0 Å². The van der Waals surface area contributed by atoms with E-state index in [4.69, 9.17) is 0 Å². The van der Waals surface area contributed by atoms with Crippen molar-refractivity contribution in [2.24, 2.45) is 0 Å². The number of amides is 1. The molecule has 0 aromatic rings. The Morgan fingerprint density at radius 3 is 2.11 bits per heavy atom. The third-order valence-corrected chi connectivity index (χ3v) is 1.78. The van der Waals surface area contributed by atoms with Crippen LogP contribution in [0.25, 0.3) is 0 Å². The van der Waals surface area contributed by atoms with Gasteiger partial charge in [0.05, 0.1) is 13.1 Å². The van der Waals surface area contributed by atoms with Gasteiger partial charge in [-0.1, -0.05) is 0 Å². The van der Waals surface area contributed by atoms with Gasteiger partial charge in [-0.05, 0) is 0 Å². The molecular formula is C4H4F2INO. The Kier molecular flexibility index (Phi) is 1.62. The highest BCUT2D eigenvalue weighted by Crippen LogP contribution is 2.27. The molecule has 0 N–H and O–H groups in total. The van der Waals surface area contributed by atoms with E-state index in [2.05, 4.69) is 0 Å². The molecule has 0 aromatic carbocycles. The zero-order chi connectivity index (χ0) is 7.07. The number of hydrogen-bond acceptors (Lipinski definition) is 1. The summed E-state index contributed by atoms with van der Waals surface area (Å²) in [6, 6.07) is 0. The van der Waals surface area contributed by atoms with Gasteiger partial charge in [0.1, 0.15) is 0 Å². The van der Waals surface area contributed by atoms with Gasteiger partial charge in [0.15, 0.2) is 0 Å². The molecular weight excluding hydrogens is 243 g/mol. The molecule has 1 aliphatic rings. The lowest BCUT2D eigenvalue weighted by molar-refractivity contribution is -0.105. The Morgan fingerprint density at radius 1 is 1.56 bits per heavy atom. The summed E-state index contributed by atoms with van der Waals surface area (Å²) in [6.07, 6.45) is 0. The number of alkyl halides is 2. The molecule has 52 valence electrons. The van der Waals surface area contributed by atoms with Crippen LogP contribution in [-0.4, -0.2) is 27.8 Å². The van der Waals surface area contributed by atoms with Gasteiger partial charge in [-0.25, -0.2) is 8.78 Å². The maximum Gasteiger partial charge on any atom is 0.283 e. The minimum Gasteiger partial charge on any atom is -0.322 e. The second kappa shape index (κ2) is 2.03. The second-order valence-electron chi connectivity index (χ2n) is 1.96. The summed E-state index contributed by atoms with van der Waals surface area (Å²) in [5.41, 5.74) is 0. The normalized spacial score (nSPS) is 23.2. The van der Waals surface area contributed by atoms with E-state index in [1.165, 1.54) is 22.6 Å². The Hall–Kier alpha value is 0.0600. The minimum absolute atomic E-state index is 0.307. The molecule has 0 unspecified atom stereocenters. The van der Waals surface area contributed by atoms with E-state index < -0.39 is 19.0 Å². The molecule has 0 spiro atoms. The largest absolute Gasteiger partial charge is 0.322 e. The second-order valence-corrected chi connectivity index (χ2v) is 2.89. The fourth-order valence-electron chi connectivity index (χ4n) is 0.636. The van der Waals surface area contributed by atoms with Crippen molar-refractivity contribution in [1.82, 2.24) is 4.90 Å². The third kappa shape index (κ3) is 1.50. The molecule has 5 heteroatoms. The molecule has 1 fully saturated rings. The predicted molar refractivity (Wildman–Crippen MR) is 35.9 cm³/mol. The van der Waals surface area contributed by atoms with Crippen molar-refractivity contribution in [3.63, 3.8) is 0 Å². The minimum atomic E-state index is -2.62. The Morgan fingerprint density at radius 2 is 2.00 bits per heavy atom. The highest BCUT2D eigenvalue weighted by Gasteiger charge is 2.45. The van der Waals surface area contributed by atoms with Gasteiger partial charge in [-0.3, -0.25) is 4.79 Å². The first-order valence-electron chi connectivity index (χ1n) is 2.33. The summed E-state index contributed by atoms with van der Waals surface area (Å²) in [5.74, 6) is -2.62. The molecule has 9 heavy (non-hydrogen) atoms. The molecule has 1 aliphatic heterocycles. The summed E-state index contributed by atoms with van der Waals surface area (Å²) in [5, 5.41) is 0. The third-order valence-electron chi connectivity index (χ3n) is 1.09. The van der Waals surface area contributed by atoms with E-state index >= 15 is 0 Å². The van der Waals surface area contributed by atoms with Crippen LogP contribution in [0.1, 0.15) is 0 Å². The Labute approximate surface area is 64.3 Å². The van der Waals surface area contributed by atoms with Gasteiger partial charge in [0, 0.05) is 22.6 Å². The molecule has 0 aliphatic carbocycles. The number of nitrogens with zero attached hydrogens (tertiary/aromatic N) is 1. The van der Waals surface area contributed by atoms with Gasteiger partial charge in [0.25, 0.3) is 9.84 Å². The van der Waals surface area contributed by atoms with E-state index in [1.54, 1.807) is 0 Å².